The summed E-state index contributed by atoms with van der Waals surface area (Å²) in [5, 5.41) is 0. The minimum atomic E-state index is -0.802. The first-order chi connectivity index (χ1) is 8.67. The fourth-order valence-corrected chi connectivity index (χ4v) is 1.93. The molecule has 5 heteroatoms. The van der Waals surface area contributed by atoms with Gasteiger partial charge in [0, 0.05) is 6.42 Å². The Morgan fingerprint density at radius 3 is 2.83 bits per heavy atom. The molecular weight excluding hydrogens is 236 g/mol. The van der Waals surface area contributed by atoms with Crippen molar-refractivity contribution in [3.8, 4) is 11.5 Å². The van der Waals surface area contributed by atoms with Crippen LogP contribution in [-0.4, -0.2) is 32.6 Å². The van der Waals surface area contributed by atoms with E-state index in [2.05, 4.69) is 4.74 Å². The molecule has 1 aromatic rings. The topological polar surface area (TPSA) is 61.8 Å². The van der Waals surface area contributed by atoms with E-state index in [0.29, 0.717) is 30.1 Å². The van der Waals surface area contributed by atoms with Gasteiger partial charge in [-0.2, -0.15) is 0 Å². The fraction of sp³-hybridized carbons (Fsp3) is 0.385. The molecule has 5 nitrogen and oxygen atoms in total. The van der Waals surface area contributed by atoms with Gasteiger partial charge in [0.25, 0.3) is 0 Å². The van der Waals surface area contributed by atoms with E-state index < -0.39 is 11.9 Å². The van der Waals surface area contributed by atoms with Gasteiger partial charge >= 0.3 is 5.97 Å². The van der Waals surface area contributed by atoms with Crippen LogP contribution in [0, 0.1) is 5.92 Å². The van der Waals surface area contributed by atoms with Crippen molar-refractivity contribution in [2.24, 2.45) is 5.92 Å². The predicted octanol–water partition coefficient (Wildman–Crippen LogP) is 1.45. The van der Waals surface area contributed by atoms with Crippen LogP contribution in [0.15, 0.2) is 18.2 Å². The summed E-state index contributed by atoms with van der Waals surface area (Å²) in [6, 6.07) is 4.97. The van der Waals surface area contributed by atoms with E-state index in [1.54, 1.807) is 18.2 Å². The van der Waals surface area contributed by atoms with Gasteiger partial charge in [-0.15, -0.1) is 0 Å². The SMILES string of the molecule is COC(=O)C1CCOc2ccc(OC)cc2C1=O. The molecule has 0 spiro atoms. The van der Waals surface area contributed by atoms with E-state index in [1.807, 2.05) is 0 Å². The summed E-state index contributed by atoms with van der Waals surface area (Å²) >= 11 is 0. The van der Waals surface area contributed by atoms with E-state index in [1.165, 1.54) is 14.2 Å². The second kappa shape index (κ2) is 5.08. The molecule has 0 N–H and O–H groups in total. The summed E-state index contributed by atoms with van der Waals surface area (Å²) in [4.78, 5) is 23.8. The van der Waals surface area contributed by atoms with E-state index in [-0.39, 0.29) is 5.78 Å². The highest BCUT2D eigenvalue weighted by atomic mass is 16.5. The lowest BCUT2D eigenvalue weighted by Crippen LogP contribution is -2.25. The number of hydrogen-bond donors (Lipinski definition) is 0. The van der Waals surface area contributed by atoms with Gasteiger partial charge < -0.3 is 14.2 Å². The molecule has 1 atom stereocenters. The number of hydrogen-bond acceptors (Lipinski definition) is 5. The third kappa shape index (κ3) is 2.16. The summed E-state index contributed by atoms with van der Waals surface area (Å²) in [5.41, 5.74) is 0.363. The Morgan fingerprint density at radius 1 is 1.39 bits per heavy atom. The Morgan fingerprint density at radius 2 is 2.17 bits per heavy atom. The van der Waals surface area contributed by atoms with Crippen LogP contribution in [0.4, 0.5) is 0 Å². The van der Waals surface area contributed by atoms with E-state index in [4.69, 9.17) is 9.47 Å². The smallest absolute Gasteiger partial charge is 0.316 e. The summed E-state index contributed by atoms with van der Waals surface area (Å²) in [5.74, 6) is -0.584. The molecule has 0 aromatic heterocycles. The number of methoxy groups -OCH3 is 2. The lowest BCUT2D eigenvalue weighted by molar-refractivity contribution is -0.143. The zero-order valence-corrected chi connectivity index (χ0v) is 10.3. The normalized spacial score (nSPS) is 18.3. The summed E-state index contributed by atoms with van der Waals surface area (Å²) in [6.07, 6.45) is 0.322. The number of rotatable bonds is 2. The van der Waals surface area contributed by atoms with Crippen molar-refractivity contribution in [2.75, 3.05) is 20.8 Å². The maximum atomic E-state index is 12.3. The number of benzene rings is 1. The first-order valence-electron chi connectivity index (χ1n) is 5.60. The maximum absolute atomic E-state index is 12.3. The summed E-state index contributed by atoms with van der Waals surface area (Å²) in [7, 11) is 2.79. The number of esters is 1. The van der Waals surface area contributed by atoms with Crippen molar-refractivity contribution in [3.63, 3.8) is 0 Å². The van der Waals surface area contributed by atoms with Crippen LogP contribution < -0.4 is 9.47 Å². The highest BCUT2D eigenvalue weighted by Crippen LogP contribution is 2.30. The molecule has 0 saturated carbocycles. The highest BCUT2D eigenvalue weighted by molar-refractivity contribution is 6.10. The molecule has 0 amide bonds. The molecule has 0 radical (unpaired) electrons. The van der Waals surface area contributed by atoms with Crippen molar-refractivity contribution >= 4 is 11.8 Å². The van der Waals surface area contributed by atoms with Crippen molar-refractivity contribution in [2.45, 2.75) is 6.42 Å². The van der Waals surface area contributed by atoms with E-state index in [0.717, 1.165) is 0 Å². The number of ether oxygens (including phenoxy) is 3. The van der Waals surface area contributed by atoms with Crippen molar-refractivity contribution in [1.29, 1.82) is 0 Å². The van der Waals surface area contributed by atoms with Crippen molar-refractivity contribution in [3.05, 3.63) is 23.8 Å². The number of ketones is 1. The third-order valence-corrected chi connectivity index (χ3v) is 2.92. The second-order valence-electron chi connectivity index (χ2n) is 3.94. The first kappa shape index (κ1) is 12.4. The van der Waals surface area contributed by atoms with Crippen LogP contribution in [0.5, 0.6) is 11.5 Å². The number of fused-ring (bicyclic) bond motifs is 1. The van der Waals surface area contributed by atoms with Crippen LogP contribution in [0.1, 0.15) is 16.8 Å². The standard InChI is InChI=1S/C13H14O5/c1-16-8-3-4-11-10(7-8)12(14)9(5-6-18-11)13(15)17-2/h3-4,7,9H,5-6H2,1-2H3. The molecule has 0 aliphatic carbocycles. The highest BCUT2D eigenvalue weighted by Gasteiger charge is 2.33. The van der Waals surface area contributed by atoms with Crippen LogP contribution in [0.2, 0.25) is 0 Å². The largest absolute Gasteiger partial charge is 0.497 e. The number of Topliss-reactive ketones (excluding diaryl/α,β-unsaturated/α-hetero) is 1. The monoisotopic (exact) mass is 250 g/mol. The van der Waals surface area contributed by atoms with E-state index >= 15 is 0 Å². The van der Waals surface area contributed by atoms with Crippen LogP contribution >= 0.6 is 0 Å². The fourth-order valence-electron chi connectivity index (χ4n) is 1.93. The minimum absolute atomic E-state index is 0.284. The van der Waals surface area contributed by atoms with Crippen molar-refractivity contribution < 1.29 is 23.8 Å². The van der Waals surface area contributed by atoms with Gasteiger partial charge in [0.2, 0.25) is 0 Å². The lowest BCUT2D eigenvalue weighted by Gasteiger charge is -2.10. The zero-order valence-electron chi connectivity index (χ0n) is 10.3. The van der Waals surface area contributed by atoms with Gasteiger partial charge in [0.15, 0.2) is 5.78 Å². The van der Waals surface area contributed by atoms with Gasteiger partial charge in [-0.05, 0) is 18.2 Å². The summed E-state index contributed by atoms with van der Waals surface area (Å²) in [6.45, 7) is 0.310. The molecule has 1 unspecified atom stereocenters. The quantitative estimate of drug-likeness (QED) is 0.587. The molecule has 1 heterocycles. The second-order valence-corrected chi connectivity index (χ2v) is 3.94. The predicted molar refractivity (Wildman–Crippen MR) is 62.9 cm³/mol. The Hall–Kier alpha value is -2.04. The molecule has 0 fully saturated rings. The molecule has 1 aliphatic rings. The maximum Gasteiger partial charge on any atom is 0.316 e. The Balaban J connectivity index is 2.41. The van der Waals surface area contributed by atoms with Gasteiger partial charge in [-0.25, -0.2) is 0 Å². The third-order valence-electron chi connectivity index (χ3n) is 2.92. The molecule has 18 heavy (non-hydrogen) atoms. The summed E-state index contributed by atoms with van der Waals surface area (Å²) < 4.78 is 15.2. The average Bonchev–Trinajstić information content (AvgIpc) is 2.57. The number of carbonyl (C=O) groups excluding carboxylic acids is 2. The molecule has 0 bridgehead atoms. The molecular formula is C13H14O5. The molecule has 96 valence electrons. The van der Waals surface area contributed by atoms with Crippen molar-refractivity contribution in [1.82, 2.24) is 0 Å². The van der Waals surface area contributed by atoms with E-state index in [9.17, 15) is 9.59 Å². The number of carbonyl (C=O) groups is 2. The Bertz CT molecular complexity index is 480. The Kier molecular flexibility index (Phi) is 3.50. The zero-order chi connectivity index (χ0) is 13.1. The molecule has 2 rings (SSSR count). The lowest BCUT2D eigenvalue weighted by atomic mass is 9.95. The van der Waals surface area contributed by atoms with Gasteiger partial charge in [0.1, 0.15) is 17.4 Å². The van der Waals surface area contributed by atoms with Gasteiger partial charge in [0.05, 0.1) is 26.4 Å². The van der Waals surface area contributed by atoms with Gasteiger partial charge in [-0.1, -0.05) is 0 Å². The average molecular weight is 250 g/mol. The molecule has 1 aromatic carbocycles. The Labute approximate surface area is 105 Å². The first-order valence-corrected chi connectivity index (χ1v) is 5.60. The van der Waals surface area contributed by atoms with Crippen LogP contribution in [0.25, 0.3) is 0 Å². The van der Waals surface area contributed by atoms with Gasteiger partial charge in [-0.3, -0.25) is 9.59 Å². The van der Waals surface area contributed by atoms with Crippen LogP contribution in [-0.2, 0) is 9.53 Å². The van der Waals surface area contributed by atoms with Crippen LogP contribution in [0.3, 0.4) is 0 Å². The molecule has 0 saturated heterocycles. The minimum Gasteiger partial charge on any atom is -0.497 e. The molecule has 1 aliphatic heterocycles.